The van der Waals surface area contributed by atoms with Crippen molar-refractivity contribution in [1.29, 1.82) is 0 Å². The third-order valence-corrected chi connectivity index (χ3v) is 3.40. The van der Waals surface area contributed by atoms with Crippen LogP contribution < -0.4 is 0 Å². The molecule has 100 valence electrons. The predicted molar refractivity (Wildman–Crippen MR) is 78.7 cm³/mol. The van der Waals surface area contributed by atoms with E-state index in [9.17, 15) is 4.39 Å². The first-order valence-corrected chi connectivity index (χ1v) is 6.60. The van der Waals surface area contributed by atoms with E-state index < -0.39 is 0 Å². The maximum Gasteiger partial charge on any atom is 0.148 e. The Labute approximate surface area is 121 Å². The molecule has 0 radical (unpaired) electrons. The number of rotatable bonds is 2. The molecule has 0 unspecified atom stereocenters. The molecule has 0 aliphatic heterocycles. The number of aromatic nitrogens is 2. The maximum absolute atomic E-state index is 14.0. The lowest BCUT2D eigenvalue weighted by atomic mass is 10.1. The first kappa shape index (κ1) is 12.9. The maximum atomic E-state index is 14.0. The zero-order chi connectivity index (χ0) is 14.1. The molecule has 0 fully saturated rings. The topological polar surface area (TPSA) is 17.8 Å². The fourth-order valence-electron chi connectivity index (χ4n) is 2.19. The van der Waals surface area contributed by atoms with E-state index in [2.05, 4.69) is 5.10 Å². The van der Waals surface area contributed by atoms with Crippen molar-refractivity contribution in [1.82, 2.24) is 9.78 Å². The van der Waals surface area contributed by atoms with E-state index in [1.54, 1.807) is 29.1 Å². The van der Waals surface area contributed by atoms with E-state index in [-0.39, 0.29) is 5.82 Å². The third-order valence-electron chi connectivity index (χ3n) is 3.15. The second kappa shape index (κ2) is 5.10. The monoisotopic (exact) mass is 286 g/mol. The number of para-hydroxylation sites is 1. The Morgan fingerprint density at radius 1 is 1.05 bits per heavy atom. The molecule has 3 aromatic rings. The minimum atomic E-state index is -0.300. The summed E-state index contributed by atoms with van der Waals surface area (Å²) in [5.74, 6) is -0.300. The van der Waals surface area contributed by atoms with Crippen molar-refractivity contribution in [3.63, 3.8) is 0 Å². The molecule has 1 heterocycles. The highest BCUT2D eigenvalue weighted by Gasteiger charge is 2.14. The Kier molecular flexibility index (Phi) is 3.28. The fraction of sp³-hybridized carbons (Fsp3) is 0.0625. The SMILES string of the molecule is Cc1cnn(-c2ccccc2F)c1-c1ccc(Cl)cc1. The summed E-state index contributed by atoms with van der Waals surface area (Å²) in [5, 5.41) is 4.96. The van der Waals surface area contributed by atoms with Gasteiger partial charge in [-0.05, 0) is 36.8 Å². The Hall–Kier alpha value is -2.13. The summed E-state index contributed by atoms with van der Waals surface area (Å²) >= 11 is 5.91. The van der Waals surface area contributed by atoms with Gasteiger partial charge in [-0.3, -0.25) is 0 Å². The summed E-state index contributed by atoms with van der Waals surface area (Å²) in [5.41, 5.74) is 3.24. The average molecular weight is 287 g/mol. The molecule has 2 nitrogen and oxygen atoms in total. The van der Waals surface area contributed by atoms with Crippen LogP contribution in [0.2, 0.25) is 5.02 Å². The van der Waals surface area contributed by atoms with Gasteiger partial charge in [0.1, 0.15) is 11.5 Å². The zero-order valence-corrected chi connectivity index (χ0v) is 11.6. The van der Waals surface area contributed by atoms with Gasteiger partial charge in [0.25, 0.3) is 0 Å². The van der Waals surface area contributed by atoms with E-state index >= 15 is 0 Å². The Bertz CT molecular complexity index is 747. The van der Waals surface area contributed by atoms with E-state index in [4.69, 9.17) is 11.6 Å². The molecule has 2 aromatic carbocycles. The summed E-state index contributed by atoms with van der Waals surface area (Å²) in [7, 11) is 0. The van der Waals surface area contributed by atoms with Gasteiger partial charge in [0.05, 0.1) is 11.9 Å². The number of hydrogen-bond donors (Lipinski definition) is 0. The standard InChI is InChI=1S/C16H12ClFN2/c1-11-10-19-20(15-5-3-2-4-14(15)18)16(11)12-6-8-13(17)9-7-12/h2-10H,1H3. The molecule has 4 heteroatoms. The minimum Gasteiger partial charge on any atom is -0.230 e. The summed E-state index contributed by atoms with van der Waals surface area (Å²) in [6, 6.07) is 14.0. The van der Waals surface area contributed by atoms with Gasteiger partial charge in [-0.1, -0.05) is 35.9 Å². The van der Waals surface area contributed by atoms with Gasteiger partial charge in [-0.2, -0.15) is 5.10 Å². The lowest BCUT2D eigenvalue weighted by Crippen LogP contribution is -2.02. The van der Waals surface area contributed by atoms with E-state index in [0.717, 1.165) is 16.8 Å². The molecule has 20 heavy (non-hydrogen) atoms. The van der Waals surface area contributed by atoms with Crippen LogP contribution in [0.1, 0.15) is 5.56 Å². The predicted octanol–water partition coefficient (Wildman–Crippen LogP) is 4.64. The highest BCUT2D eigenvalue weighted by atomic mass is 35.5. The van der Waals surface area contributed by atoms with Crippen LogP contribution in [-0.2, 0) is 0 Å². The molecule has 0 aliphatic carbocycles. The van der Waals surface area contributed by atoms with Crippen molar-refractivity contribution in [2.45, 2.75) is 6.92 Å². The lowest BCUT2D eigenvalue weighted by molar-refractivity contribution is 0.611. The summed E-state index contributed by atoms with van der Waals surface area (Å²) in [4.78, 5) is 0. The van der Waals surface area contributed by atoms with Gasteiger partial charge in [-0.15, -0.1) is 0 Å². The third kappa shape index (κ3) is 2.21. The number of hydrogen-bond acceptors (Lipinski definition) is 1. The van der Waals surface area contributed by atoms with Crippen molar-refractivity contribution in [2.75, 3.05) is 0 Å². The van der Waals surface area contributed by atoms with Crippen molar-refractivity contribution in [2.24, 2.45) is 0 Å². The van der Waals surface area contributed by atoms with Gasteiger partial charge < -0.3 is 0 Å². The molecule has 0 saturated carbocycles. The second-order valence-electron chi connectivity index (χ2n) is 4.55. The van der Waals surface area contributed by atoms with Crippen LogP contribution in [0.5, 0.6) is 0 Å². The number of aryl methyl sites for hydroxylation is 1. The Balaban J connectivity index is 2.20. The highest BCUT2D eigenvalue weighted by molar-refractivity contribution is 6.30. The number of benzene rings is 2. The molecule has 1 aromatic heterocycles. The highest BCUT2D eigenvalue weighted by Crippen LogP contribution is 2.28. The minimum absolute atomic E-state index is 0.300. The lowest BCUT2D eigenvalue weighted by Gasteiger charge is -2.10. The van der Waals surface area contributed by atoms with Crippen LogP contribution in [0.25, 0.3) is 16.9 Å². The molecule has 0 amide bonds. The molecule has 0 bridgehead atoms. The molecule has 0 N–H and O–H groups in total. The number of nitrogens with zero attached hydrogens (tertiary/aromatic N) is 2. The second-order valence-corrected chi connectivity index (χ2v) is 4.98. The van der Waals surface area contributed by atoms with Crippen molar-refractivity contribution in [3.05, 3.63) is 71.1 Å². The van der Waals surface area contributed by atoms with Gasteiger partial charge in [0.2, 0.25) is 0 Å². The van der Waals surface area contributed by atoms with Crippen LogP contribution in [0.4, 0.5) is 4.39 Å². The quantitative estimate of drug-likeness (QED) is 0.671. The zero-order valence-electron chi connectivity index (χ0n) is 10.8. The summed E-state index contributed by atoms with van der Waals surface area (Å²) in [6.45, 7) is 1.95. The first-order valence-electron chi connectivity index (χ1n) is 6.22. The summed E-state index contributed by atoms with van der Waals surface area (Å²) in [6.07, 6.45) is 1.73. The Morgan fingerprint density at radius 3 is 2.45 bits per heavy atom. The molecule has 0 spiro atoms. The largest absolute Gasteiger partial charge is 0.230 e. The smallest absolute Gasteiger partial charge is 0.148 e. The molecule has 0 atom stereocenters. The molecule has 0 saturated heterocycles. The van der Waals surface area contributed by atoms with Crippen LogP contribution in [0, 0.1) is 12.7 Å². The normalized spacial score (nSPS) is 10.8. The van der Waals surface area contributed by atoms with Crippen molar-refractivity contribution in [3.8, 4) is 16.9 Å². The van der Waals surface area contributed by atoms with Crippen LogP contribution in [0.3, 0.4) is 0 Å². The van der Waals surface area contributed by atoms with Crippen LogP contribution >= 0.6 is 11.6 Å². The van der Waals surface area contributed by atoms with Crippen molar-refractivity contribution >= 4 is 11.6 Å². The van der Waals surface area contributed by atoms with Crippen LogP contribution in [-0.4, -0.2) is 9.78 Å². The first-order chi connectivity index (χ1) is 9.66. The fourth-order valence-corrected chi connectivity index (χ4v) is 2.32. The van der Waals surface area contributed by atoms with Gasteiger partial charge >= 0.3 is 0 Å². The van der Waals surface area contributed by atoms with E-state index in [1.165, 1.54) is 6.07 Å². The van der Waals surface area contributed by atoms with Crippen molar-refractivity contribution < 1.29 is 4.39 Å². The molecule has 0 aliphatic rings. The van der Waals surface area contributed by atoms with Crippen LogP contribution in [0.15, 0.2) is 54.7 Å². The molecular weight excluding hydrogens is 275 g/mol. The van der Waals surface area contributed by atoms with Gasteiger partial charge in [0, 0.05) is 10.6 Å². The molecular formula is C16H12ClFN2. The Morgan fingerprint density at radius 2 is 1.75 bits per heavy atom. The average Bonchev–Trinajstić information content (AvgIpc) is 2.82. The molecule has 3 rings (SSSR count). The van der Waals surface area contributed by atoms with E-state index in [1.807, 2.05) is 31.2 Å². The van der Waals surface area contributed by atoms with Gasteiger partial charge in [-0.25, -0.2) is 9.07 Å². The number of halogens is 2. The summed E-state index contributed by atoms with van der Waals surface area (Å²) < 4.78 is 15.6. The van der Waals surface area contributed by atoms with E-state index in [0.29, 0.717) is 10.7 Å². The van der Waals surface area contributed by atoms with Gasteiger partial charge in [0.15, 0.2) is 0 Å².